The van der Waals surface area contributed by atoms with Crippen LogP contribution in [0.5, 0.6) is 5.75 Å². The molecule has 1 aromatic carbocycles. The predicted octanol–water partition coefficient (Wildman–Crippen LogP) is 4.17. The number of halogens is 1. The van der Waals surface area contributed by atoms with E-state index < -0.39 is 0 Å². The van der Waals surface area contributed by atoms with E-state index in [0.717, 1.165) is 81.8 Å². The molecule has 1 fully saturated rings. The Morgan fingerprint density at radius 2 is 2.00 bits per heavy atom. The smallest absolute Gasteiger partial charge is 0.225 e. The van der Waals surface area contributed by atoms with E-state index in [2.05, 4.69) is 39.3 Å². The molecule has 0 bridgehead atoms. The molecule has 0 unspecified atom stereocenters. The van der Waals surface area contributed by atoms with Gasteiger partial charge in [-0.3, -0.25) is 0 Å². The first-order valence-electron chi connectivity index (χ1n) is 11.7. The quantitative estimate of drug-likeness (QED) is 0.784. The van der Waals surface area contributed by atoms with Crippen molar-refractivity contribution >= 4 is 11.5 Å². The van der Waals surface area contributed by atoms with Gasteiger partial charge >= 0.3 is 0 Å². The van der Waals surface area contributed by atoms with E-state index in [-0.39, 0.29) is 11.9 Å². The van der Waals surface area contributed by atoms with Crippen LogP contribution in [0.3, 0.4) is 0 Å². The molecule has 2 aromatic rings. The lowest BCUT2D eigenvalue weighted by molar-refractivity contribution is 0.134. The van der Waals surface area contributed by atoms with Gasteiger partial charge in [0.05, 0.1) is 0 Å². The van der Waals surface area contributed by atoms with E-state index in [1.807, 2.05) is 12.4 Å². The molecule has 5 rings (SSSR count). The van der Waals surface area contributed by atoms with Crippen molar-refractivity contribution in [2.75, 3.05) is 31.1 Å². The molecule has 0 spiro atoms. The highest BCUT2D eigenvalue weighted by Gasteiger charge is 2.35. The summed E-state index contributed by atoms with van der Waals surface area (Å²) >= 11 is 0. The van der Waals surface area contributed by atoms with Crippen LogP contribution in [0.2, 0.25) is 0 Å². The molecule has 1 N–H and O–H groups in total. The summed E-state index contributed by atoms with van der Waals surface area (Å²) in [6.07, 6.45) is 12.1. The summed E-state index contributed by atoms with van der Waals surface area (Å²) in [6.45, 7) is 5.81. The first-order valence-corrected chi connectivity index (χ1v) is 11.7. The van der Waals surface area contributed by atoms with Gasteiger partial charge in [0.2, 0.25) is 5.95 Å². The molecule has 0 saturated carbocycles. The van der Waals surface area contributed by atoms with E-state index in [0.29, 0.717) is 11.7 Å². The molecule has 0 aliphatic carbocycles. The molecular formula is C25H31FN4O. The van der Waals surface area contributed by atoms with Crippen molar-refractivity contribution in [3.05, 3.63) is 53.1 Å². The van der Waals surface area contributed by atoms with Gasteiger partial charge in [0, 0.05) is 44.0 Å². The molecule has 31 heavy (non-hydrogen) atoms. The van der Waals surface area contributed by atoms with Crippen molar-refractivity contribution in [2.45, 2.75) is 51.6 Å². The summed E-state index contributed by atoms with van der Waals surface area (Å²) in [6, 6.07) is 3.80. The predicted molar refractivity (Wildman–Crippen MR) is 121 cm³/mol. The maximum atomic E-state index is 14.8. The number of aryl methyl sites for hydroxylation is 1. The second-order valence-electron chi connectivity index (χ2n) is 8.96. The van der Waals surface area contributed by atoms with Gasteiger partial charge < -0.3 is 15.0 Å². The number of benzene rings is 1. The van der Waals surface area contributed by atoms with Crippen LogP contribution in [0, 0.1) is 11.7 Å². The number of rotatable bonds is 5. The number of ether oxygens (including phenoxy) is 1. The lowest BCUT2D eigenvalue weighted by atomic mass is 9.88. The Morgan fingerprint density at radius 1 is 1.19 bits per heavy atom. The normalized spacial score (nSPS) is 21.5. The van der Waals surface area contributed by atoms with Crippen LogP contribution in [-0.4, -0.2) is 42.3 Å². The van der Waals surface area contributed by atoms with E-state index in [1.165, 1.54) is 11.1 Å². The highest BCUT2D eigenvalue weighted by atomic mass is 19.1. The summed E-state index contributed by atoms with van der Waals surface area (Å²) in [5.74, 6) is 1.51. The van der Waals surface area contributed by atoms with Crippen LogP contribution in [0.1, 0.15) is 49.3 Å². The molecule has 6 heteroatoms. The standard InChI is InChI=1S/C25H31FN4O/c1-2-3-17-15-28-25(29-16-17)30-10-6-19(7-11-30)23-14-21-12-20(13-22(26)24(21)31-23)18-4-8-27-9-5-18/h4,12-13,15-16,19,23,27H,2-3,5-11,14H2,1H3/t23-/m1/s1. The molecule has 5 nitrogen and oxygen atoms in total. The fourth-order valence-corrected chi connectivity index (χ4v) is 5.08. The van der Waals surface area contributed by atoms with Gasteiger partial charge in [0.1, 0.15) is 6.10 Å². The maximum Gasteiger partial charge on any atom is 0.225 e. The molecule has 1 atom stereocenters. The zero-order chi connectivity index (χ0) is 21.2. The first kappa shape index (κ1) is 20.4. The number of nitrogens with one attached hydrogen (secondary N) is 1. The lowest BCUT2D eigenvalue weighted by Crippen LogP contribution is -2.40. The number of nitrogens with zero attached hydrogens (tertiary/aromatic N) is 3. The van der Waals surface area contributed by atoms with Crippen molar-refractivity contribution in [2.24, 2.45) is 5.92 Å². The summed E-state index contributed by atoms with van der Waals surface area (Å²) in [7, 11) is 0. The number of fused-ring (bicyclic) bond motifs is 1. The Labute approximate surface area is 183 Å². The Hall–Kier alpha value is -2.47. The topological polar surface area (TPSA) is 50.3 Å². The van der Waals surface area contributed by atoms with Gasteiger partial charge in [0.25, 0.3) is 0 Å². The van der Waals surface area contributed by atoms with Crippen LogP contribution in [0.4, 0.5) is 10.3 Å². The maximum absolute atomic E-state index is 14.8. The van der Waals surface area contributed by atoms with Gasteiger partial charge in [-0.1, -0.05) is 19.4 Å². The average Bonchev–Trinajstić information content (AvgIpc) is 3.26. The third kappa shape index (κ3) is 4.31. The van der Waals surface area contributed by atoms with Crippen molar-refractivity contribution < 1.29 is 9.13 Å². The van der Waals surface area contributed by atoms with Crippen molar-refractivity contribution in [1.82, 2.24) is 15.3 Å². The van der Waals surface area contributed by atoms with E-state index in [1.54, 1.807) is 6.07 Å². The second kappa shape index (κ2) is 8.95. The summed E-state index contributed by atoms with van der Waals surface area (Å²) < 4.78 is 21.0. The first-order chi connectivity index (χ1) is 15.2. The largest absolute Gasteiger partial charge is 0.486 e. The van der Waals surface area contributed by atoms with Crippen LogP contribution < -0.4 is 15.0 Å². The van der Waals surface area contributed by atoms with Crippen LogP contribution in [0.15, 0.2) is 30.6 Å². The van der Waals surface area contributed by atoms with Gasteiger partial charge in [-0.25, -0.2) is 14.4 Å². The average molecular weight is 423 g/mol. The van der Waals surface area contributed by atoms with Crippen molar-refractivity contribution in [1.29, 1.82) is 0 Å². The summed E-state index contributed by atoms with van der Waals surface area (Å²) in [5.41, 5.74) is 4.47. The minimum Gasteiger partial charge on any atom is -0.486 e. The minimum atomic E-state index is -0.215. The summed E-state index contributed by atoms with van der Waals surface area (Å²) in [5, 5.41) is 3.32. The third-order valence-electron chi connectivity index (χ3n) is 6.82. The van der Waals surface area contributed by atoms with Crippen molar-refractivity contribution in [3.63, 3.8) is 0 Å². The van der Waals surface area contributed by atoms with Gasteiger partial charge in [0.15, 0.2) is 11.6 Å². The summed E-state index contributed by atoms with van der Waals surface area (Å²) in [4.78, 5) is 11.4. The Bertz CT molecular complexity index is 951. The van der Waals surface area contributed by atoms with E-state index >= 15 is 0 Å². The molecule has 1 saturated heterocycles. The van der Waals surface area contributed by atoms with Gasteiger partial charge in [-0.05, 0) is 67.0 Å². The van der Waals surface area contributed by atoms with Gasteiger partial charge in [-0.15, -0.1) is 0 Å². The number of piperidine rings is 1. The molecule has 0 amide bonds. The molecule has 0 radical (unpaired) electrons. The number of aromatic nitrogens is 2. The second-order valence-corrected chi connectivity index (χ2v) is 8.96. The molecule has 1 aromatic heterocycles. The Balaban J connectivity index is 1.22. The van der Waals surface area contributed by atoms with E-state index in [9.17, 15) is 4.39 Å². The molecule has 3 aliphatic heterocycles. The lowest BCUT2D eigenvalue weighted by Gasteiger charge is -2.34. The van der Waals surface area contributed by atoms with E-state index in [4.69, 9.17) is 4.74 Å². The fourth-order valence-electron chi connectivity index (χ4n) is 5.08. The van der Waals surface area contributed by atoms with Gasteiger partial charge in [-0.2, -0.15) is 0 Å². The number of anilines is 1. The van der Waals surface area contributed by atoms with Crippen LogP contribution in [-0.2, 0) is 12.8 Å². The number of hydrogen-bond donors (Lipinski definition) is 1. The zero-order valence-corrected chi connectivity index (χ0v) is 18.2. The Kier molecular flexibility index (Phi) is 5.90. The fraction of sp³-hybridized carbons (Fsp3) is 0.520. The minimum absolute atomic E-state index is 0.0664. The third-order valence-corrected chi connectivity index (χ3v) is 6.82. The highest BCUT2D eigenvalue weighted by molar-refractivity contribution is 5.68. The number of hydrogen-bond acceptors (Lipinski definition) is 5. The molecule has 164 valence electrons. The van der Waals surface area contributed by atoms with Crippen LogP contribution >= 0.6 is 0 Å². The Morgan fingerprint density at radius 3 is 2.71 bits per heavy atom. The highest BCUT2D eigenvalue weighted by Crippen LogP contribution is 2.39. The SMILES string of the molecule is CCCc1cnc(N2CCC([C@H]3Cc4cc(C5=CCNCC5)cc(F)c4O3)CC2)nc1. The zero-order valence-electron chi connectivity index (χ0n) is 18.2. The van der Waals surface area contributed by atoms with Crippen LogP contribution in [0.25, 0.3) is 5.57 Å². The monoisotopic (exact) mass is 422 g/mol. The molecule has 3 aliphatic rings. The molecular weight excluding hydrogens is 391 g/mol. The van der Waals surface area contributed by atoms with Crippen molar-refractivity contribution in [3.8, 4) is 5.75 Å². The molecule has 4 heterocycles.